The fraction of sp³-hybridized carbons (Fsp3) is 0.429. The van der Waals surface area contributed by atoms with Gasteiger partial charge in [0.2, 0.25) is 0 Å². The molecule has 0 aliphatic carbocycles. The smallest absolute Gasteiger partial charge is 0.331 e. The summed E-state index contributed by atoms with van der Waals surface area (Å²) in [5.74, 6) is -3.85. The van der Waals surface area contributed by atoms with Crippen LogP contribution in [0.1, 0.15) is 25.7 Å². The van der Waals surface area contributed by atoms with Gasteiger partial charge in [-0.1, -0.05) is 0 Å². The number of hydrogen-bond acceptors (Lipinski definition) is 6. The van der Waals surface area contributed by atoms with Gasteiger partial charge in [0.1, 0.15) is 0 Å². The van der Waals surface area contributed by atoms with Crippen LogP contribution in [0.5, 0.6) is 0 Å². The number of aliphatic carboxylic acids is 2. The van der Waals surface area contributed by atoms with Crippen LogP contribution in [0.2, 0.25) is 0 Å². The van der Waals surface area contributed by atoms with Gasteiger partial charge in [0.25, 0.3) is 0 Å². The van der Waals surface area contributed by atoms with Crippen molar-refractivity contribution in [1.82, 2.24) is 0 Å². The van der Waals surface area contributed by atoms with Crippen LogP contribution in [0.3, 0.4) is 0 Å². The molecule has 0 aromatic rings. The van der Waals surface area contributed by atoms with Crippen molar-refractivity contribution in [2.75, 3.05) is 13.2 Å². The first-order valence-electron chi connectivity index (χ1n) is 6.57. The highest BCUT2D eigenvalue weighted by Gasteiger charge is 2.00. The van der Waals surface area contributed by atoms with Gasteiger partial charge in [0, 0.05) is 24.3 Å². The summed E-state index contributed by atoms with van der Waals surface area (Å²) in [6.07, 6.45) is 5.81. The van der Waals surface area contributed by atoms with E-state index in [9.17, 15) is 19.2 Å². The molecule has 0 saturated carbocycles. The van der Waals surface area contributed by atoms with Crippen LogP contribution in [0.15, 0.2) is 24.3 Å². The van der Waals surface area contributed by atoms with Crippen molar-refractivity contribution >= 4 is 23.9 Å². The molecule has 0 rings (SSSR count). The molecular weight excluding hydrogens is 296 g/mol. The Morgan fingerprint density at radius 3 is 1.32 bits per heavy atom. The minimum atomic E-state index is -1.22. The minimum Gasteiger partial charge on any atom is -0.478 e. The monoisotopic (exact) mass is 314 g/mol. The normalized spacial score (nSPS) is 10.7. The van der Waals surface area contributed by atoms with E-state index in [2.05, 4.69) is 0 Å². The van der Waals surface area contributed by atoms with Crippen molar-refractivity contribution in [2.45, 2.75) is 25.7 Å². The quantitative estimate of drug-likeness (QED) is 0.327. The number of carbonyl (C=O) groups excluding carboxylic acids is 2. The summed E-state index contributed by atoms with van der Waals surface area (Å²) >= 11 is 0. The molecule has 0 amide bonds. The van der Waals surface area contributed by atoms with Crippen LogP contribution >= 0.6 is 0 Å². The van der Waals surface area contributed by atoms with Gasteiger partial charge < -0.3 is 19.7 Å². The summed E-state index contributed by atoms with van der Waals surface area (Å²) in [5, 5.41) is 16.6. The second kappa shape index (κ2) is 12.1. The second-order valence-electron chi connectivity index (χ2n) is 4.09. The summed E-state index contributed by atoms with van der Waals surface area (Å²) in [4.78, 5) is 42.3. The van der Waals surface area contributed by atoms with Gasteiger partial charge in [0.05, 0.1) is 13.2 Å². The summed E-state index contributed by atoms with van der Waals surface area (Å²) < 4.78 is 9.50. The van der Waals surface area contributed by atoms with Crippen molar-refractivity contribution in [2.24, 2.45) is 0 Å². The molecule has 0 fully saturated rings. The molecule has 8 heteroatoms. The number of ether oxygens (including phenoxy) is 2. The molecule has 0 heterocycles. The Hall–Kier alpha value is -2.64. The van der Waals surface area contributed by atoms with Gasteiger partial charge in [-0.2, -0.15) is 0 Å². The maximum absolute atomic E-state index is 11.0. The molecule has 0 atom stereocenters. The van der Waals surface area contributed by atoms with Crippen molar-refractivity contribution in [3.05, 3.63) is 24.3 Å². The largest absolute Gasteiger partial charge is 0.478 e. The van der Waals surface area contributed by atoms with E-state index < -0.39 is 23.9 Å². The Morgan fingerprint density at radius 1 is 0.636 bits per heavy atom. The third-order valence-corrected chi connectivity index (χ3v) is 2.25. The Balaban J connectivity index is 3.47. The van der Waals surface area contributed by atoms with Crippen LogP contribution in [-0.4, -0.2) is 47.3 Å². The van der Waals surface area contributed by atoms with Gasteiger partial charge in [0.15, 0.2) is 0 Å². The molecule has 0 aromatic heterocycles. The number of rotatable bonds is 11. The Kier molecular flexibility index (Phi) is 10.7. The lowest BCUT2D eigenvalue weighted by Gasteiger charge is -2.03. The third-order valence-electron chi connectivity index (χ3n) is 2.25. The lowest BCUT2D eigenvalue weighted by Crippen LogP contribution is -2.04. The van der Waals surface area contributed by atoms with Gasteiger partial charge in [-0.15, -0.1) is 0 Å². The molecule has 0 spiro atoms. The number of carbonyl (C=O) groups is 4. The lowest BCUT2D eigenvalue weighted by atomic mass is 10.2. The fourth-order valence-corrected chi connectivity index (χ4v) is 1.28. The van der Waals surface area contributed by atoms with Gasteiger partial charge in [-0.3, -0.25) is 0 Å². The fourth-order valence-electron chi connectivity index (χ4n) is 1.28. The van der Waals surface area contributed by atoms with Crippen molar-refractivity contribution < 1.29 is 38.9 Å². The number of carboxylic acid groups (broad SMARTS) is 2. The minimum absolute atomic E-state index is 0.184. The molecular formula is C14H18O8. The molecule has 8 nitrogen and oxygen atoms in total. The van der Waals surface area contributed by atoms with Crippen LogP contribution < -0.4 is 0 Å². The lowest BCUT2D eigenvalue weighted by molar-refractivity contribution is -0.139. The average molecular weight is 314 g/mol. The first-order valence-corrected chi connectivity index (χ1v) is 6.57. The highest BCUT2D eigenvalue weighted by atomic mass is 16.5. The number of carboxylic acids is 2. The van der Waals surface area contributed by atoms with E-state index in [0.29, 0.717) is 25.0 Å². The van der Waals surface area contributed by atoms with Gasteiger partial charge >= 0.3 is 23.9 Å². The Morgan fingerprint density at radius 2 is 1.00 bits per heavy atom. The predicted molar refractivity (Wildman–Crippen MR) is 73.9 cm³/mol. The maximum atomic E-state index is 11.0. The second-order valence-corrected chi connectivity index (χ2v) is 4.09. The van der Waals surface area contributed by atoms with E-state index in [4.69, 9.17) is 19.7 Å². The Labute approximate surface area is 127 Å². The highest BCUT2D eigenvalue weighted by molar-refractivity contribution is 5.91. The summed E-state index contributed by atoms with van der Waals surface area (Å²) in [7, 11) is 0. The molecule has 0 aliphatic heterocycles. The third kappa shape index (κ3) is 13.8. The van der Waals surface area contributed by atoms with Crippen LogP contribution in [0.4, 0.5) is 0 Å². The first-order chi connectivity index (χ1) is 10.4. The molecule has 0 bridgehead atoms. The summed E-state index contributed by atoms with van der Waals surface area (Å²) in [5.41, 5.74) is 0. The van der Waals surface area contributed by atoms with Crippen molar-refractivity contribution in [3.8, 4) is 0 Å². The number of hydrogen-bond donors (Lipinski definition) is 2. The molecule has 22 heavy (non-hydrogen) atoms. The zero-order valence-electron chi connectivity index (χ0n) is 11.9. The molecule has 0 saturated heterocycles. The molecule has 0 unspecified atom stereocenters. The van der Waals surface area contributed by atoms with Crippen molar-refractivity contribution in [3.63, 3.8) is 0 Å². The zero-order chi connectivity index (χ0) is 16.8. The molecule has 2 N–H and O–H groups in total. The van der Waals surface area contributed by atoms with E-state index in [0.717, 1.165) is 25.0 Å². The zero-order valence-corrected chi connectivity index (χ0v) is 11.9. The topological polar surface area (TPSA) is 127 Å². The van der Waals surface area contributed by atoms with E-state index in [1.54, 1.807) is 0 Å². The van der Waals surface area contributed by atoms with Crippen LogP contribution in [0, 0.1) is 0 Å². The van der Waals surface area contributed by atoms with Gasteiger partial charge in [-0.05, 0) is 25.7 Å². The van der Waals surface area contributed by atoms with Crippen molar-refractivity contribution in [1.29, 1.82) is 0 Å². The predicted octanol–water partition coefficient (Wildman–Crippen LogP) is 0.915. The highest BCUT2D eigenvalue weighted by Crippen LogP contribution is 2.01. The Bertz CT molecular complexity index is 408. The van der Waals surface area contributed by atoms with E-state index >= 15 is 0 Å². The molecule has 0 aliphatic rings. The molecule has 122 valence electrons. The average Bonchev–Trinajstić information content (AvgIpc) is 2.45. The number of unbranched alkanes of at least 4 members (excludes halogenated alkanes) is 3. The SMILES string of the molecule is O=C(O)/C=C/C(=O)OCCCCCCOC(=O)/C=C/C(=O)O. The summed E-state index contributed by atoms with van der Waals surface area (Å²) in [6, 6.07) is 0. The molecule has 0 aromatic carbocycles. The van der Waals surface area contributed by atoms with E-state index in [1.807, 2.05) is 0 Å². The molecule has 0 radical (unpaired) electrons. The van der Waals surface area contributed by atoms with Gasteiger partial charge in [-0.25, -0.2) is 19.2 Å². The van der Waals surface area contributed by atoms with Crippen LogP contribution in [0.25, 0.3) is 0 Å². The van der Waals surface area contributed by atoms with Crippen LogP contribution in [-0.2, 0) is 28.7 Å². The first kappa shape index (κ1) is 19.4. The van der Waals surface area contributed by atoms with E-state index in [-0.39, 0.29) is 13.2 Å². The van der Waals surface area contributed by atoms with E-state index in [1.165, 1.54) is 0 Å². The standard InChI is InChI=1S/C14H18O8/c15-11(16)5-7-13(19)21-9-3-1-2-4-10-22-14(20)8-6-12(17)18/h5-8H,1-4,9-10H2,(H,15,16)(H,17,18)/b7-5+,8-6+. The number of esters is 2. The summed E-state index contributed by atoms with van der Waals surface area (Å²) in [6.45, 7) is 0.369. The maximum Gasteiger partial charge on any atom is 0.331 e.